The highest BCUT2D eigenvalue weighted by Crippen LogP contribution is 2.17. The van der Waals surface area contributed by atoms with E-state index in [1.165, 1.54) is 11.3 Å². The molecular formula is C22H32IN5. The van der Waals surface area contributed by atoms with Crippen molar-refractivity contribution in [2.75, 3.05) is 49.5 Å². The third-order valence-electron chi connectivity index (χ3n) is 4.95. The SMILES string of the molecule is Cc1cccc(N2CCN(CCCCN=C(N)Nc3ccccc3)CC2)c1.I. The van der Waals surface area contributed by atoms with E-state index < -0.39 is 0 Å². The van der Waals surface area contributed by atoms with E-state index in [0.717, 1.165) is 57.8 Å². The van der Waals surface area contributed by atoms with Gasteiger partial charge in [0, 0.05) is 44.1 Å². The van der Waals surface area contributed by atoms with Gasteiger partial charge >= 0.3 is 0 Å². The lowest BCUT2D eigenvalue weighted by Gasteiger charge is -2.36. The zero-order chi connectivity index (χ0) is 18.9. The minimum Gasteiger partial charge on any atom is -0.370 e. The molecule has 1 fully saturated rings. The monoisotopic (exact) mass is 493 g/mol. The Bertz CT molecular complexity index is 727. The normalized spacial score (nSPS) is 15.2. The average molecular weight is 493 g/mol. The standard InChI is InChI=1S/C22H31N5.HI/c1-19-8-7-11-21(18-19)27-16-14-26(15-17-27)13-6-5-12-24-22(23)25-20-9-3-2-4-10-20;/h2-4,7-11,18H,5-6,12-17H2,1H3,(H3,23,24,25);1H. The molecule has 1 aliphatic heterocycles. The second-order valence-corrected chi connectivity index (χ2v) is 7.13. The summed E-state index contributed by atoms with van der Waals surface area (Å²) in [5, 5.41) is 3.12. The van der Waals surface area contributed by atoms with E-state index in [4.69, 9.17) is 5.73 Å². The number of benzene rings is 2. The van der Waals surface area contributed by atoms with Crippen LogP contribution in [0.3, 0.4) is 0 Å². The molecule has 0 bridgehead atoms. The van der Waals surface area contributed by atoms with E-state index in [1.54, 1.807) is 0 Å². The van der Waals surface area contributed by atoms with Crippen LogP contribution >= 0.6 is 24.0 Å². The van der Waals surface area contributed by atoms with Crippen LogP contribution in [-0.2, 0) is 0 Å². The molecule has 152 valence electrons. The molecule has 2 aromatic rings. The molecule has 1 aliphatic rings. The summed E-state index contributed by atoms with van der Waals surface area (Å²) < 4.78 is 0. The molecule has 5 nitrogen and oxygen atoms in total. The van der Waals surface area contributed by atoms with Crippen LogP contribution in [0.5, 0.6) is 0 Å². The number of nitrogens with one attached hydrogen (secondary N) is 1. The summed E-state index contributed by atoms with van der Waals surface area (Å²) in [6, 6.07) is 18.7. The number of hydrogen-bond acceptors (Lipinski definition) is 3. The molecule has 3 rings (SSSR count). The molecule has 1 heterocycles. The highest BCUT2D eigenvalue weighted by atomic mass is 127. The molecule has 0 spiro atoms. The molecule has 0 radical (unpaired) electrons. The van der Waals surface area contributed by atoms with Gasteiger partial charge in [0.25, 0.3) is 0 Å². The molecule has 0 saturated carbocycles. The van der Waals surface area contributed by atoms with Gasteiger partial charge in [0.05, 0.1) is 0 Å². The predicted molar refractivity (Wildman–Crippen MR) is 131 cm³/mol. The number of halogens is 1. The van der Waals surface area contributed by atoms with Gasteiger partial charge < -0.3 is 16.0 Å². The fourth-order valence-corrected chi connectivity index (χ4v) is 3.41. The Labute approximate surface area is 186 Å². The molecule has 0 aliphatic carbocycles. The van der Waals surface area contributed by atoms with Crippen molar-refractivity contribution in [3.05, 3.63) is 60.2 Å². The predicted octanol–water partition coefficient (Wildman–Crippen LogP) is 3.94. The van der Waals surface area contributed by atoms with E-state index in [9.17, 15) is 0 Å². The van der Waals surface area contributed by atoms with Gasteiger partial charge in [-0.2, -0.15) is 0 Å². The van der Waals surface area contributed by atoms with E-state index in [-0.39, 0.29) is 24.0 Å². The summed E-state index contributed by atoms with van der Waals surface area (Å²) in [7, 11) is 0. The van der Waals surface area contributed by atoms with Crippen LogP contribution in [0.15, 0.2) is 59.6 Å². The van der Waals surface area contributed by atoms with Gasteiger partial charge in [-0.1, -0.05) is 30.3 Å². The molecule has 6 heteroatoms. The van der Waals surface area contributed by atoms with Crippen LogP contribution in [0.1, 0.15) is 18.4 Å². The molecule has 0 amide bonds. The first kappa shape index (κ1) is 22.5. The zero-order valence-corrected chi connectivity index (χ0v) is 19.0. The third-order valence-corrected chi connectivity index (χ3v) is 4.95. The van der Waals surface area contributed by atoms with Gasteiger partial charge in [0.15, 0.2) is 5.96 Å². The molecule has 28 heavy (non-hydrogen) atoms. The van der Waals surface area contributed by atoms with Crippen LogP contribution in [0.2, 0.25) is 0 Å². The number of hydrogen-bond donors (Lipinski definition) is 2. The fourth-order valence-electron chi connectivity index (χ4n) is 3.41. The van der Waals surface area contributed by atoms with Gasteiger partial charge in [-0.15, -0.1) is 24.0 Å². The van der Waals surface area contributed by atoms with Crippen molar-refractivity contribution in [3.63, 3.8) is 0 Å². The van der Waals surface area contributed by atoms with E-state index >= 15 is 0 Å². The Kier molecular flexibility index (Phi) is 9.57. The maximum Gasteiger partial charge on any atom is 0.193 e. The van der Waals surface area contributed by atoms with E-state index in [1.807, 2.05) is 30.3 Å². The molecular weight excluding hydrogens is 461 g/mol. The number of rotatable bonds is 7. The number of unbranched alkanes of at least 4 members (excludes halogenated alkanes) is 1. The highest BCUT2D eigenvalue weighted by Gasteiger charge is 2.16. The quantitative estimate of drug-likeness (QED) is 0.266. The minimum atomic E-state index is 0. The average Bonchev–Trinajstić information content (AvgIpc) is 2.69. The van der Waals surface area contributed by atoms with Crippen LogP contribution in [0, 0.1) is 6.92 Å². The summed E-state index contributed by atoms with van der Waals surface area (Å²) in [4.78, 5) is 9.47. The van der Waals surface area contributed by atoms with Gasteiger partial charge in [-0.25, -0.2) is 0 Å². The second-order valence-electron chi connectivity index (χ2n) is 7.13. The van der Waals surface area contributed by atoms with Crippen molar-refractivity contribution in [2.45, 2.75) is 19.8 Å². The summed E-state index contributed by atoms with van der Waals surface area (Å²) in [6.45, 7) is 8.55. The van der Waals surface area contributed by atoms with Crippen LogP contribution in [-0.4, -0.2) is 50.1 Å². The first-order valence-corrected chi connectivity index (χ1v) is 9.87. The van der Waals surface area contributed by atoms with E-state index in [2.05, 4.69) is 51.3 Å². The number of piperazine rings is 1. The van der Waals surface area contributed by atoms with Gasteiger partial charge in [0.1, 0.15) is 0 Å². The second kappa shape index (κ2) is 11.9. The Morgan fingerprint density at radius 3 is 2.46 bits per heavy atom. The van der Waals surface area contributed by atoms with Crippen molar-refractivity contribution < 1.29 is 0 Å². The summed E-state index contributed by atoms with van der Waals surface area (Å²) >= 11 is 0. The topological polar surface area (TPSA) is 56.9 Å². The van der Waals surface area contributed by atoms with Gasteiger partial charge in [-0.05, 0) is 56.1 Å². The first-order chi connectivity index (χ1) is 13.2. The number of nitrogens with zero attached hydrogens (tertiary/aromatic N) is 3. The van der Waals surface area contributed by atoms with Crippen molar-refractivity contribution >= 4 is 41.3 Å². The Morgan fingerprint density at radius 1 is 1.00 bits per heavy atom. The number of nitrogens with two attached hydrogens (primary N) is 1. The summed E-state index contributed by atoms with van der Waals surface area (Å²) in [5.74, 6) is 0.493. The largest absolute Gasteiger partial charge is 0.370 e. The van der Waals surface area contributed by atoms with Crippen molar-refractivity contribution in [2.24, 2.45) is 10.7 Å². The summed E-state index contributed by atoms with van der Waals surface area (Å²) in [5.41, 5.74) is 9.59. The van der Waals surface area contributed by atoms with E-state index in [0.29, 0.717) is 5.96 Å². The number of aryl methyl sites for hydroxylation is 1. The molecule has 1 saturated heterocycles. The lowest BCUT2D eigenvalue weighted by Crippen LogP contribution is -2.46. The summed E-state index contributed by atoms with van der Waals surface area (Å²) in [6.07, 6.45) is 2.22. The van der Waals surface area contributed by atoms with Crippen molar-refractivity contribution in [3.8, 4) is 0 Å². The lowest BCUT2D eigenvalue weighted by molar-refractivity contribution is 0.253. The molecule has 2 aromatic carbocycles. The van der Waals surface area contributed by atoms with Crippen LogP contribution < -0.4 is 16.0 Å². The fraction of sp³-hybridized carbons (Fsp3) is 0.409. The first-order valence-electron chi connectivity index (χ1n) is 9.87. The number of para-hydroxylation sites is 1. The zero-order valence-electron chi connectivity index (χ0n) is 16.7. The van der Waals surface area contributed by atoms with Gasteiger partial charge in [-0.3, -0.25) is 9.89 Å². The maximum absolute atomic E-state index is 5.93. The Balaban J connectivity index is 0.00000280. The number of anilines is 2. The molecule has 0 aromatic heterocycles. The highest BCUT2D eigenvalue weighted by molar-refractivity contribution is 14.0. The Hall–Kier alpha value is -1.80. The number of aliphatic imine (C=N–C) groups is 1. The van der Waals surface area contributed by atoms with Crippen LogP contribution in [0.4, 0.5) is 11.4 Å². The lowest BCUT2D eigenvalue weighted by atomic mass is 10.2. The van der Waals surface area contributed by atoms with Crippen LogP contribution in [0.25, 0.3) is 0 Å². The number of guanidine groups is 1. The minimum absolute atomic E-state index is 0. The van der Waals surface area contributed by atoms with Gasteiger partial charge in [0.2, 0.25) is 0 Å². The maximum atomic E-state index is 5.93. The molecule has 3 N–H and O–H groups in total. The third kappa shape index (κ3) is 7.31. The Morgan fingerprint density at radius 2 is 1.75 bits per heavy atom. The van der Waals surface area contributed by atoms with Crippen molar-refractivity contribution in [1.82, 2.24) is 4.90 Å². The molecule has 0 atom stereocenters. The smallest absolute Gasteiger partial charge is 0.193 e. The van der Waals surface area contributed by atoms with Crippen molar-refractivity contribution in [1.29, 1.82) is 0 Å². The molecule has 0 unspecified atom stereocenters.